The molecule has 2 aromatic heterocycles. The van der Waals surface area contributed by atoms with Gasteiger partial charge in [0.25, 0.3) is 0 Å². The van der Waals surface area contributed by atoms with E-state index in [0.717, 1.165) is 10.9 Å². The van der Waals surface area contributed by atoms with Crippen LogP contribution in [0.25, 0.3) is 10.9 Å². The lowest BCUT2D eigenvalue weighted by atomic mass is 9.99. The fourth-order valence-corrected chi connectivity index (χ4v) is 3.78. The highest BCUT2D eigenvalue weighted by Crippen LogP contribution is 2.28. The maximum Gasteiger partial charge on any atom is 0.358 e. The monoisotopic (exact) mass is 417 g/mol. The van der Waals surface area contributed by atoms with Crippen LogP contribution in [0.4, 0.5) is 5.13 Å². The van der Waals surface area contributed by atoms with Crippen molar-refractivity contribution < 1.29 is 14.3 Å². The molecule has 4 aromatic rings. The van der Waals surface area contributed by atoms with Crippen LogP contribution in [-0.4, -0.2) is 28.3 Å². The van der Waals surface area contributed by atoms with Crippen LogP contribution in [-0.2, 0) is 4.74 Å². The summed E-state index contributed by atoms with van der Waals surface area (Å²) in [6, 6.07) is 16.5. The Morgan fingerprint density at radius 1 is 1.17 bits per heavy atom. The minimum absolute atomic E-state index is 0.152. The number of nitrogens with zero attached hydrogens (tertiary/aromatic N) is 1. The molecule has 0 saturated heterocycles. The van der Waals surface area contributed by atoms with Gasteiger partial charge in [-0.25, -0.2) is 9.78 Å². The Labute approximate surface area is 177 Å². The molecule has 150 valence electrons. The SMILES string of the molecule is C=CCNc1nc(C(=O)OC(C(=O)c2c[nH]c3ccccc23)c2ccccc2)cs1. The molecule has 0 fully saturated rings. The van der Waals surface area contributed by atoms with Crippen LogP contribution < -0.4 is 5.32 Å². The molecule has 30 heavy (non-hydrogen) atoms. The highest BCUT2D eigenvalue weighted by molar-refractivity contribution is 7.13. The van der Waals surface area contributed by atoms with Crippen molar-refractivity contribution in [3.8, 4) is 0 Å². The summed E-state index contributed by atoms with van der Waals surface area (Å²) in [5, 5.41) is 6.00. The van der Waals surface area contributed by atoms with E-state index in [2.05, 4.69) is 21.9 Å². The Bertz CT molecular complexity index is 1200. The van der Waals surface area contributed by atoms with Crippen molar-refractivity contribution in [3.05, 3.63) is 95.6 Å². The van der Waals surface area contributed by atoms with Crippen molar-refractivity contribution in [1.29, 1.82) is 0 Å². The third-order valence-electron chi connectivity index (χ3n) is 4.53. The van der Waals surface area contributed by atoms with Gasteiger partial charge in [-0.05, 0) is 6.07 Å². The van der Waals surface area contributed by atoms with Crippen molar-refractivity contribution in [2.75, 3.05) is 11.9 Å². The summed E-state index contributed by atoms with van der Waals surface area (Å²) in [5.74, 6) is -0.952. The smallest absolute Gasteiger partial charge is 0.358 e. The zero-order valence-corrected chi connectivity index (χ0v) is 16.8. The molecule has 0 spiro atoms. The second kappa shape index (κ2) is 8.75. The number of rotatable bonds is 8. The molecule has 2 N–H and O–H groups in total. The Hall–Kier alpha value is -3.71. The quantitative estimate of drug-likeness (QED) is 0.239. The summed E-state index contributed by atoms with van der Waals surface area (Å²) in [6.07, 6.45) is 2.27. The number of anilines is 1. The first-order valence-corrected chi connectivity index (χ1v) is 10.2. The Balaban J connectivity index is 1.64. The van der Waals surface area contributed by atoms with Gasteiger partial charge in [-0.3, -0.25) is 4.79 Å². The first kappa shape index (κ1) is 19.6. The van der Waals surface area contributed by atoms with Crippen molar-refractivity contribution in [2.45, 2.75) is 6.10 Å². The highest BCUT2D eigenvalue weighted by atomic mass is 32.1. The maximum atomic E-state index is 13.4. The summed E-state index contributed by atoms with van der Waals surface area (Å²) >= 11 is 1.29. The van der Waals surface area contributed by atoms with Crippen LogP contribution >= 0.6 is 11.3 Å². The first-order chi connectivity index (χ1) is 14.7. The summed E-state index contributed by atoms with van der Waals surface area (Å²) < 4.78 is 5.67. The highest BCUT2D eigenvalue weighted by Gasteiger charge is 2.29. The lowest BCUT2D eigenvalue weighted by Gasteiger charge is -2.16. The van der Waals surface area contributed by atoms with E-state index in [-0.39, 0.29) is 11.5 Å². The van der Waals surface area contributed by atoms with Crippen LogP contribution in [0.15, 0.2) is 78.8 Å². The minimum Gasteiger partial charge on any atom is -0.444 e. The molecule has 6 nitrogen and oxygen atoms in total. The number of hydrogen-bond donors (Lipinski definition) is 2. The number of thiazole rings is 1. The minimum atomic E-state index is -1.08. The Morgan fingerprint density at radius 3 is 2.73 bits per heavy atom. The van der Waals surface area contributed by atoms with Crippen molar-refractivity contribution >= 4 is 39.1 Å². The summed E-state index contributed by atoms with van der Waals surface area (Å²) in [6.45, 7) is 4.17. The number of fused-ring (bicyclic) bond motifs is 1. The number of Topliss-reactive ketones (excluding diaryl/α,β-unsaturated/α-hetero) is 1. The van der Waals surface area contributed by atoms with Gasteiger partial charge in [0.05, 0.1) is 0 Å². The van der Waals surface area contributed by atoms with Gasteiger partial charge in [0.1, 0.15) is 0 Å². The number of aromatic amines is 1. The number of H-pyrrole nitrogens is 1. The van der Waals surface area contributed by atoms with Crippen LogP contribution in [0.5, 0.6) is 0 Å². The predicted octanol–water partition coefficient (Wildman–Crippen LogP) is 5.00. The van der Waals surface area contributed by atoms with Gasteiger partial charge in [0.15, 0.2) is 16.9 Å². The number of para-hydroxylation sites is 1. The van der Waals surface area contributed by atoms with Crippen LogP contribution in [0.3, 0.4) is 0 Å². The number of esters is 1. The van der Waals surface area contributed by atoms with Crippen molar-refractivity contribution in [1.82, 2.24) is 9.97 Å². The topological polar surface area (TPSA) is 84.1 Å². The molecule has 0 saturated carbocycles. The molecule has 0 aliphatic rings. The third-order valence-corrected chi connectivity index (χ3v) is 5.33. The number of carbonyl (C=O) groups excluding carboxylic acids is 2. The van der Waals surface area contributed by atoms with Crippen molar-refractivity contribution in [3.63, 3.8) is 0 Å². The third kappa shape index (κ3) is 4.01. The number of ether oxygens (including phenoxy) is 1. The molecule has 1 unspecified atom stereocenters. The van der Waals surface area contributed by atoms with E-state index in [0.29, 0.717) is 22.8 Å². The molecule has 2 heterocycles. The second-order valence-electron chi connectivity index (χ2n) is 6.52. The van der Waals surface area contributed by atoms with Gasteiger partial charge in [-0.2, -0.15) is 0 Å². The van der Waals surface area contributed by atoms with Crippen molar-refractivity contribution in [2.24, 2.45) is 0 Å². The number of nitrogens with one attached hydrogen (secondary N) is 2. The van der Waals surface area contributed by atoms with Gasteiger partial charge in [0, 0.05) is 40.2 Å². The van der Waals surface area contributed by atoms with Gasteiger partial charge in [0.2, 0.25) is 5.78 Å². The summed E-state index contributed by atoms with van der Waals surface area (Å²) in [5.41, 5.74) is 2.07. The summed E-state index contributed by atoms with van der Waals surface area (Å²) in [4.78, 5) is 33.5. The molecule has 0 bridgehead atoms. The lowest BCUT2D eigenvalue weighted by Crippen LogP contribution is -2.20. The normalized spacial score (nSPS) is 11.7. The van der Waals surface area contributed by atoms with Gasteiger partial charge >= 0.3 is 5.97 Å². The summed E-state index contributed by atoms with van der Waals surface area (Å²) in [7, 11) is 0. The molecular formula is C23H19N3O3S. The number of carbonyl (C=O) groups is 2. The van der Waals surface area contributed by atoms with E-state index in [1.807, 2.05) is 30.3 Å². The number of ketones is 1. The largest absolute Gasteiger partial charge is 0.444 e. The number of hydrogen-bond acceptors (Lipinski definition) is 6. The second-order valence-corrected chi connectivity index (χ2v) is 7.37. The Kier molecular flexibility index (Phi) is 5.72. The van der Waals surface area contributed by atoms with Crippen LogP contribution in [0, 0.1) is 0 Å². The molecular weight excluding hydrogens is 398 g/mol. The van der Waals surface area contributed by atoms with Gasteiger partial charge in [-0.15, -0.1) is 17.9 Å². The molecule has 0 radical (unpaired) electrons. The van der Waals surface area contributed by atoms with E-state index in [4.69, 9.17) is 4.74 Å². The molecule has 0 amide bonds. The number of benzene rings is 2. The molecule has 4 rings (SSSR count). The van der Waals surface area contributed by atoms with Gasteiger partial charge in [-0.1, -0.05) is 54.6 Å². The molecule has 1 atom stereocenters. The van der Waals surface area contributed by atoms with E-state index in [1.54, 1.807) is 41.9 Å². The Morgan fingerprint density at radius 2 is 1.93 bits per heavy atom. The zero-order chi connectivity index (χ0) is 20.9. The molecule has 0 aliphatic heterocycles. The average molecular weight is 417 g/mol. The standard InChI is InChI=1S/C23H19N3O3S/c1-2-12-24-23-26-19(14-30-23)22(28)29-21(15-8-4-3-5-9-15)20(27)17-13-25-18-11-7-6-10-16(17)18/h2-11,13-14,21,25H,1,12H2,(H,24,26). The first-order valence-electron chi connectivity index (χ1n) is 9.34. The fraction of sp³-hybridized carbons (Fsp3) is 0.0870. The molecule has 7 heteroatoms. The lowest BCUT2D eigenvalue weighted by molar-refractivity contribution is 0.0276. The van der Waals surface area contributed by atoms with E-state index < -0.39 is 12.1 Å². The predicted molar refractivity (Wildman–Crippen MR) is 118 cm³/mol. The van der Waals surface area contributed by atoms with Gasteiger partial charge < -0.3 is 15.0 Å². The maximum absolute atomic E-state index is 13.4. The van der Waals surface area contributed by atoms with E-state index in [9.17, 15) is 9.59 Å². The van der Waals surface area contributed by atoms with Crippen LogP contribution in [0.2, 0.25) is 0 Å². The zero-order valence-electron chi connectivity index (χ0n) is 16.0. The van der Waals surface area contributed by atoms with E-state index in [1.165, 1.54) is 11.3 Å². The molecule has 2 aromatic carbocycles. The van der Waals surface area contributed by atoms with E-state index >= 15 is 0 Å². The number of aromatic nitrogens is 2. The van der Waals surface area contributed by atoms with Crippen LogP contribution in [0.1, 0.15) is 32.5 Å². The fourth-order valence-electron chi connectivity index (χ4n) is 3.09. The molecule has 0 aliphatic carbocycles. The average Bonchev–Trinajstić information content (AvgIpc) is 3.43.